The maximum Gasteiger partial charge on any atom is 0.0726 e. The van der Waals surface area contributed by atoms with Crippen LogP contribution >= 0.6 is 0 Å². The average molecular weight is 775 g/mol. The number of hydrogen-bond donors (Lipinski definition) is 0. The first-order valence-corrected chi connectivity index (χ1v) is 21.2. The Morgan fingerprint density at radius 1 is 0.328 bits per heavy atom. The van der Waals surface area contributed by atoms with Crippen molar-refractivity contribution >= 4 is 49.6 Å². The zero-order chi connectivity index (χ0) is 40.1. The second kappa shape index (κ2) is 13.0. The van der Waals surface area contributed by atoms with Crippen molar-refractivity contribution in [3.8, 4) is 39.1 Å². The van der Waals surface area contributed by atoms with E-state index in [4.69, 9.17) is 0 Å². The molecule has 0 unspecified atom stereocenters. The fourth-order valence-electron chi connectivity index (χ4n) is 10.9. The molecule has 0 N–H and O–H groups in total. The molecule has 0 bridgehead atoms. The van der Waals surface area contributed by atoms with Crippen molar-refractivity contribution in [1.82, 2.24) is 4.57 Å². The van der Waals surface area contributed by atoms with Gasteiger partial charge in [0, 0.05) is 33.1 Å². The quantitative estimate of drug-likeness (QED) is 0.169. The van der Waals surface area contributed by atoms with Gasteiger partial charge in [0.05, 0.1) is 27.8 Å². The van der Waals surface area contributed by atoms with E-state index in [-0.39, 0.29) is 0 Å². The van der Waals surface area contributed by atoms with Gasteiger partial charge in [0.25, 0.3) is 0 Å². The molecule has 13 rings (SSSR count). The Hall–Kier alpha value is -7.94. The van der Waals surface area contributed by atoms with E-state index in [9.17, 15) is 0 Å². The molecule has 0 fully saturated rings. The van der Waals surface area contributed by atoms with E-state index in [1.54, 1.807) is 0 Å². The van der Waals surface area contributed by atoms with Crippen molar-refractivity contribution < 1.29 is 0 Å². The molecule has 0 radical (unpaired) electrons. The molecule has 1 spiro atoms. The van der Waals surface area contributed by atoms with Crippen LogP contribution in [0.2, 0.25) is 0 Å². The molecule has 2 nitrogen and oxygen atoms in total. The predicted octanol–water partition coefficient (Wildman–Crippen LogP) is 15.4. The molecule has 2 aliphatic carbocycles. The topological polar surface area (TPSA) is 8.17 Å². The Balaban J connectivity index is 1.02. The van der Waals surface area contributed by atoms with Gasteiger partial charge in [0.2, 0.25) is 0 Å². The van der Waals surface area contributed by atoms with Gasteiger partial charge in [-0.05, 0) is 110 Å². The lowest BCUT2D eigenvalue weighted by atomic mass is 9.70. The number of rotatable bonds is 5. The molecule has 10 aromatic carbocycles. The number of aromatic nitrogens is 1. The lowest BCUT2D eigenvalue weighted by molar-refractivity contribution is 0.792. The fourth-order valence-corrected chi connectivity index (χ4v) is 10.9. The molecule has 0 amide bonds. The molecule has 2 heteroatoms. The summed E-state index contributed by atoms with van der Waals surface area (Å²) in [6.07, 6.45) is 0. The van der Waals surface area contributed by atoms with E-state index < -0.39 is 5.41 Å². The highest BCUT2D eigenvalue weighted by molar-refractivity contribution is 6.11. The molecule has 11 aromatic rings. The molecule has 2 aliphatic rings. The van der Waals surface area contributed by atoms with Crippen molar-refractivity contribution in [3.05, 3.63) is 253 Å². The first kappa shape index (κ1) is 34.0. The third-order valence-corrected chi connectivity index (χ3v) is 13.4. The summed E-state index contributed by atoms with van der Waals surface area (Å²) in [6.45, 7) is 0. The first-order valence-electron chi connectivity index (χ1n) is 21.2. The number of fused-ring (bicyclic) bond motifs is 14. The summed E-state index contributed by atoms with van der Waals surface area (Å²) in [5.41, 5.74) is 19.6. The van der Waals surface area contributed by atoms with Crippen LogP contribution in [-0.2, 0) is 5.41 Å². The van der Waals surface area contributed by atoms with Gasteiger partial charge in [0.1, 0.15) is 0 Å². The van der Waals surface area contributed by atoms with E-state index in [1.165, 1.54) is 93.9 Å². The maximum atomic E-state index is 2.49. The monoisotopic (exact) mass is 774 g/mol. The summed E-state index contributed by atoms with van der Waals surface area (Å²) in [4.78, 5) is 2.42. The lowest BCUT2D eigenvalue weighted by Crippen LogP contribution is -2.26. The Kier molecular flexibility index (Phi) is 7.26. The number of benzene rings is 10. The van der Waals surface area contributed by atoms with Crippen molar-refractivity contribution in [1.29, 1.82) is 0 Å². The van der Waals surface area contributed by atoms with Gasteiger partial charge >= 0.3 is 0 Å². The van der Waals surface area contributed by atoms with Crippen LogP contribution in [0, 0.1) is 0 Å². The molecular weight excluding hydrogens is 737 g/mol. The van der Waals surface area contributed by atoms with Gasteiger partial charge in [-0.25, -0.2) is 0 Å². The minimum Gasteiger partial charge on any atom is -0.309 e. The molecule has 0 saturated carbocycles. The second-order valence-corrected chi connectivity index (χ2v) is 16.4. The Bertz CT molecular complexity index is 3490. The molecule has 1 heterocycles. The summed E-state index contributed by atoms with van der Waals surface area (Å²) in [6, 6.07) is 85.2. The van der Waals surface area contributed by atoms with Gasteiger partial charge < -0.3 is 9.47 Å². The number of hydrogen-bond acceptors (Lipinski definition) is 1. The molecule has 1 aromatic heterocycles. The third-order valence-electron chi connectivity index (χ3n) is 13.4. The van der Waals surface area contributed by atoms with Gasteiger partial charge in [-0.1, -0.05) is 176 Å². The number of anilines is 3. The minimum absolute atomic E-state index is 0.403. The van der Waals surface area contributed by atoms with Gasteiger partial charge in [0.15, 0.2) is 0 Å². The molecule has 0 atom stereocenters. The Morgan fingerprint density at radius 3 is 1.61 bits per heavy atom. The standard InChI is InChI=1S/C59H38N2/c1-2-19-41(20-3-1)60(56-32-16-18-39-17-4-5-21-43(39)56)55-30-14-9-22-44(55)40-33-36-58-50(37-40)49-26-10-15-31-57(49)61(58)42-34-35-48-47-25-8-13-29-53(47)59(54(48)38-42)51-27-11-6-23-45(51)46-24-7-12-28-52(46)59/h1-38H. The summed E-state index contributed by atoms with van der Waals surface area (Å²) in [5, 5.41) is 4.90. The van der Waals surface area contributed by atoms with Crippen LogP contribution in [0.5, 0.6) is 0 Å². The van der Waals surface area contributed by atoms with E-state index in [0.29, 0.717) is 0 Å². The summed E-state index contributed by atoms with van der Waals surface area (Å²) < 4.78 is 2.48. The fraction of sp³-hybridized carbons (Fsp3) is 0.0169. The van der Waals surface area contributed by atoms with Gasteiger partial charge in [-0.3, -0.25) is 0 Å². The summed E-state index contributed by atoms with van der Waals surface area (Å²) >= 11 is 0. The van der Waals surface area contributed by atoms with Crippen LogP contribution in [0.25, 0.3) is 71.6 Å². The van der Waals surface area contributed by atoms with E-state index in [1.807, 2.05) is 0 Å². The predicted molar refractivity (Wildman–Crippen MR) is 255 cm³/mol. The normalized spacial score (nSPS) is 13.0. The van der Waals surface area contributed by atoms with Crippen molar-refractivity contribution in [3.63, 3.8) is 0 Å². The average Bonchev–Trinajstić information content (AvgIpc) is 3.94. The van der Waals surface area contributed by atoms with Crippen molar-refractivity contribution in [2.75, 3.05) is 4.90 Å². The van der Waals surface area contributed by atoms with Crippen molar-refractivity contribution in [2.45, 2.75) is 5.41 Å². The van der Waals surface area contributed by atoms with Crippen LogP contribution in [0.3, 0.4) is 0 Å². The van der Waals surface area contributed by atoms with Crippen LogP contribution in [0.15, 0.2) is 231 Å². The molecule has 61 heavy (non-hydrogen) atoms. The molecule has 0 saturated heterocycles. The summed E-state index contributed by atoms with van der Waals surface area (Å²) in [5.74, 6) is 0. The minimum atomic E-state index is -0.403. The van der Waals surface area contributed by atoms with E-state index in [0.717, 1.165) is 17.1 Å². The zero-order valence-electron chi connectivity index (χ0n) is 33.3. The molecule has 0 aliphatic heterocycles. The van der Waals surface area contributed by atoms with Gasteiger partial charge in [-0.2, -0.15) is 0 Å². The SMILES string of the molecule is c1ccc(N(c2ccccc2-c2ccc3c(c2)c2ccccc2n3-c2ccc3c(c2)C2(c4ccccc4-c4ccccc42)c2ccccc2-3)c2cccc3ccccc23)cc1. The highest BCUT2D eigenvalue weighted by Crippen LogP contribution is 2.63. The highest BCUT2D eigenvalue weighted by atomic mass is 15.1. The summed E-state index contributed by atoms with van der Waals surface area (Å²) in [7, 11) is 0. The Labute approximate surface area is 354 Å². The number of para-hydroxylation sites is 3. The molecular formula is C59H38N2. The first-order chi connectivity index (χ1) is 30.3. The largest absolute Gasteiger partial charge is 0.309 e. The highest BCUT2D eigenvalue weighted by Gasteiger charge is 2.51. The maximum absolute atomic E-state index is 2.49. The van der Waals surface area contributed by atoms with Crippen LogP contribution < -0.4 is 4.90 Å². The van der Waals surface area contributed by atoms with Crippen LogP contribution in [-0.4, -0.2) is 4.57 Å². The van der Waals surface area contributed by atoms with Gasteiger partial charge in [-0.15, -0.1) is 0 Å². The Morgan fingerprint density at radius 2 is 0.869 bits per heavy atom. The van der Waals surface area contributed by atoms with Crippen LogP contribution in [0.1, 0.15) is 22.3 Å². The third kappa shape index (κ3) is 4.73. The second-order valence-electron chi connectivity index (χ2n) is 16.4. The number of nitrogens with zero attached hydrogens (tertiary/aromatic N) is 2. The zero-order valence-corrected chi connectivity index (χ0v) is 33.3. The van der Waals surface area contributed by atoms with E-state index in [2.05, 4.69) is 240 Å². The lowest BCUT2D eigenvalue weighted by Gasteiger charge is -2.30. The van der Waals surface area contributed by atoms with E-state index >= 15 is 0 Å². The van der Waals surface area contributed by atoms with Crippen LogP contribution in [0.4, 0.5) is 17.1 Å². The smallest absolute Gasteiger partial charge is 0.0726 e. The molecule has 284 valence electrons. The van der Waals surface area contributed by atoms with Crippen molar-refractivity contribution in [2.24, 2.45) is 0 Å².